The molecule has 2 rings (SSSR count). The first-order chi connectivity index (χ1) is 10.6. The van der Waals surface area contributed by atoms with E-state index >= 15 is 0 Å². The van der Waals surface area contributed by atoms with E-state index in [1.165, 1.54) is 5.56 Å². The fourth-order valence-electron chi connectivity index (χ4n) is 2.31. The summed E-state index contributed by atoms with van der Waals surface area (Å²) in [5, 5.41) is 10.2. The lowest BCUT2D eigenvalue weighted by atomic mass is 10.1. The molecule has 0 heterocycles. The van der Waals surface area contributed by atoms with Crippen molar-refractivity contribution in [3.8, 4) is 5.75 Å². The van der Waals surface area contributed by atoms with E-state index in [9.17, 15) is 5.11 Å². The maximum Gasteiger partial charge on any atom is 0.119 e. The summed E-state index contributed by atoms with van der Waals surface area (Å²) in [5.41, 5.74) is 1.26. The van der Waals surface area contributed by atoms with Crippen LogP contribution < -0.4 is 4.74 Å². The highest BCUT2D eigenvalue weighted by atomic mass is 16.5. The lowest BCUT2D eigenvalue weighted by molar-refractivity contribution is 0.0543. The molecule has 0 saturated heterocycles. The average molecular weight is 299 g/mol. The number of para-hydroxylation sites is 1. The third-order valence-corrected chi connectivity index (χ3v) is 3.59. The molecule has 0 aromatic heterocycles. The molecule has 1 N–H and O–H groups in total. The van der Waals surface area contributed by atoms with Crippen LogP contribution >= 0.6 is 0 Å². The summed E-state index contributed by atoms with van der Waals surface area (Å²) in [6.45, 7) is 6.03. The molecule has 0 aliphatic carbocycles. The first-order valence-electron chi connectivity index (χ1n) is 7.79. The zero-order valence-corrected chi connectivity index (χ0v) is 13.4. The number of ether oxygens (including phenoxy) is 1. The van der Waals surface area contributed by atoms with Gasteiger partial charge in [-0.2, -0.15) is 0 Å². The van der Waals surface area contributed by atoms with Crippen molar-refractivity contribution >= 4 is 0 Å². The quantitative estimate of drug-likeness (QED) is 0.811. The fraction of sp³-hybridized carbons (Fsp3) is 0.368. The van der Waals surface area contributed by atoms with Gasteiger partial charge in [-0.3, -0.25) is 4.90 Å². The van der Waals surface area contributed by atoms with E-state index in [0.717, 1.165) is 12.3 Å². The Balaban J connectivity index is 1.85. The van der Waals surface area contributed by atoms with Gasteiger partial charge in [-0.05, 0) is 31.5 Å². The molecule has 0 aliphatic heterocycles. The molecule has 0 amide bonds. The molecule has 22 heavy (non-hydrogen) atoms. The summed E-state index contributed by atoms with van der Waals surface area (Å²) >= 11 is 0. The van der Waals surface area contributed by atoms with E-state index in [0.29, 0.717) is 19.2 Å². The van der Waals surface area contributed by atoms with E-state index in [1.54, 1.807) is 0 Å². The minimum Gasteiger partial charge on any atom is -0.491 e. The van der Waals surface area contributed by atoms with Gasteiger partial charge in [-0.25, -0.2) is 0 Å². The number of aliphatic hydroxyl groups is 1. The fourth-order valence-corrected chi connectivity index (χ4v) is 2.31. The average Bonchev–Trinajstić information content (AvgIpc) is 2.54. The van der Waals surface area contributed by atoms with Crippen molar-refractivity contribution in [1.29, 1.82) is 0 Å². The molecular weight excluding hydrogens is 274 g/mol. The molecule has 2 aromatic carbocycles. The highest BCUT2D eigenvalue weighted by Gasteiger charge is 2.15. The molecule has 0 saturated carbocycles. The van der Waals surface area contributed by atoms with Gasteiger partial charge < -0.3 is 9.84 Å². The zero-order valence-electron chi connectivity index (χ0n) is 13.4. The highest BCUT2D eigenvalue weighted by molar-refractivity contribution is 5.21. The number of aliphatic hydroxyl groups excluding tert-OH is 1. The van der Waals surface area contributed by atoms with Crippen LogP contribution in [0.2, 0.25) is 0 Å². The maximum absolute atomic E-state index is 10.2. The number of hydrogen-bond acceptors (Lipinski definition) is 3. The van der Waals surface area contributed by atoms with Crippen LogP contribution in [0.5, 0.6) is 5.75 Å². The van der Waals surface area contributed by atoms with Gasteiger partial charge in [0.05, 0.1) is 0 Å². The normalized spacial score (nSPS) is 12.6. The van der Waals surface area contributed by atoms with Crippen molar-refractivity contribution in [3.63, 3.8) is 0 Å². The molecule has 0 radical (unpaired) electrons. The van der Waals surface area contributed by atoms with Crippen LogP contribution in [-0.2, 0) is 6.54 Å². The predicted molar refractivity (Wildman–Crippen MR) is 89.9 cm³/mol. The topological polar surface area (TPSA) is 32.7 Å². The predicted octanol–water partition coefficient (Wildman–Crippen LogP) is 3.34. The Morgan fingerprint density at radius 3 is 2.14 bits per heavy atom. The SMILES string of the molecule is CC(C)N(Cc1ccccc1)C[C@H](O)COc1ccccc1. The third-order valence-electron chi connectivity index (χ3n) is 3.59. The summed E-state index contributed by atoms with van der Waals surface area (Å²) in [7, 11) is 0. The Kier molecular flexibility index (Phi) is 6.44. The van der Waals surface area contributed by atoms with E-state index in [4.69, 9.17) is 4.74 Å². The molecule has 3 nitrogen and oxygen atoms in total. The minimum atomic E-state index is -0.508. The van der Waals surface area contributed by atoms with Crippen molar-refractivity contribution in [3.05, 3.63) is 66.2 Å². The maximum atomic E-state index is 10.2. The monoisotopic (exact) mass is 299 g/mol. The van der Waals surface area contributed by atoms with Gasteiger partial charge in [0.1, 0.15) is 18.5 Å². The van der Waals surface area contributed by atoms with Gasteiger partial charge in [0.25, 0.3) is 0 Å². The largest absolute Gasteiger partial charge is 0.491 e. The van der Waals surface area contributed by atoms with Crippen molar-refractivity contribution < 1.29 is 9.84 Å². The Labute approximate surface area is 133 Å². The number of nitrogens with zero attached hydrogens (tertiary/aromatic N) is 1. The lowest BCUT2D eigenvalue weighted by Gasteiger charge is -2.28. The number of benzene rings is 2. The minimum absolute atomic E-state index is 0.308. The van der Waals surface area contributed by atoms with Crippen molar-refractivity contribution in [1.82, 2.24) is 4.90 Å². The molecule has 0 bridgehead atoms. The van der Waals surface area contributed by atoms with Crippen LogP contribution in [0.25, 0.3) is 0 Å². The van der Waals surface area contributed by atoms with Crippen LogP contribution in [0, 0.1) is 0 Å². The molecule has 118 valence electrons. The highest BCUT2D eigenvalue weighted by Crippen LogP contribution is 2.11. The molecule has 0 spiro atoms. The molecule has 0 aliphatic rings. The van der Waals surface area contributed by atoms with Gasteiger partial charge in [0.15, 0.2) is 0 Å². The van der Waals surface area contributed by atoms with Crippen molar-refractivity contribution in [2.75, 3.05) is 13.2 Å². The van der Waals surface area contributed by atoms with Gasteiger partial charge >= 0.3 is 0 Å². The van der Waals surface area contributed by atoms with Crippen LogP contribution in [0.1, 0.15) is 19.4 Å². The molecule has 3 heteroatoms. The van der Waals surface area contributed by atoms with Crippen molar-refractivity contribution in [2.45, 2.75) is 32.5 Å². The molecule has 0 fully saturated rings. The van der Waals surface area contributed by atoms with Crippen molar-refractivity contribution in [2.24, 2.45) is 0 Å². The van der Waals surface area contributed by atoms with Crippen LogP contribution in [0.4, 0.5) is 0 Å². The van der Waals surface area contributed by atoms with Crippen LogP contribution in [0.3, 0.4) is 0 Å². The van der Waals surface area contributed by atoms with E-state index in [1.807, 2.05) is 48.5 Å². The second kappa shape index (κ2) is 8.57. The summed E-state index contributed by atoms with van der Waals surface area (Å²) in [6.07, 6.45) is -0.508. The van der Waals surface area contributed by atoms with Crippen LogP contribution in [0.15, 0.2) is 60.7 Å². The van der Waals surface area contributed by atoms with Gasteiger partial charge in [0, 0.05) is 19.1 Å². The van der Waals surface area contributed by atoms with Gasteiger partial charge in [0.2, 0.25) is 0 Å². The zero-order chi connectivity index (χ0) is 15.8. The lowest BCUT2D eigenvalue weighted by Crippen LogP contribution is -2.39. The second-order valence-electron chi connectivity index (χ2n) is 5.79. The standard InChI is InChI=1S/C19H25NO2/c1-16(2)20(13-17-9-5-3-6-10-17)14-18(21)15-22-19-11-7-4-8-12-19/h3-12,16,18,21H,13-15H2,1-2H3/t18-/m0/s1. The first kappa shape index (κ1) is 16.5. The Hall–Kier alpha value is -1.84. The van der Waals surface area contributed by atoms with E-state index in [2.05, 4.69) is 30.9 Å². The Bertz CT molecular complexity index is 528. The van der Waals surface area contributed by atoms with E-state index < -0.39 is 6.10 Å². The summed E-state index contributed by atoms with van der Waals surface area (Å²) < 4.78 is 5.62. The van der Waals surface area contributed by atoms with Gasteiger partial charge in [-0.15, -0.1) is 0 Å². The molecule has 2 aromatic rings. The Morgan fingerprint density at radius 1 is 0.955 bits per heavy atom. The third kappa shape index (κ3) is 5.51. The van der Waals surface area contributed by atoms with Crippen LogP contribution in [-0.4, -0.2) is 35.3 Å². The second-order valence-corrected chi connectivity index (χ2v) is 5.79. The smallest absolute Gasteiger partial charge is 0.119 e. The Morgan fingerprint density at radius 2 is 1.55 bits per heavy atom. The summed E-state index contributed by atoms with van der Waals surface area (Å²) in [6, 6.07) is 20.3. The summed E-state index contributed by atoms with van der Waals surface area (Å²) in [4.78, 5) is 2.26. The number of rotatable bonds is 8. The number of hydrogen-bond donors (Lipinski definition) is 1. The van der Waals surface area contributed by atoms with Gasteiger partial charge in [-0.1, -0.05) is 48.5 Å². The molecular formula is C19H25NO2. The van der Waals surface area contributed by atoms with E-state index in [-0.39, 0.29) is 0 Å². The molecule has 1 atom stereocenters. The molecule has 0 unspecified atom stereocenters. The summed E-state index contributed by atoms with van der Waals surface area (Å²) in [5.74, 6) is 0.792. The first-order valence-corrected chi connectivity index (χ1v) is 7.79.